The minimum Gasteiger partial charge on any atom is -0.496 e. The van der Waals surface area contributed by atoms with Crippen molar-refractivity contribution in [3.05, 3.63) is 59.7 Å². The summed E-state index contributed by atoms with van der Waals surface area (Å²) in [7, 11) is 7.54. The average molecular weight is 375 g/mol. The Balaban J connectivity index is 2.05. The standard InChI is InChI=1S/C19H22N2O2S2/c1-20-17(13-9-5-7-11-15(13)22-3)21(2)19(24)25-18(20)14-10-6-8-12-16(14)23-4/h5-12,17-18H,1-4H3. The zero-order valence-electron chi connectivity index (χ0n) is 14.8. The molecule has 0 spiro atoms. The first-order valence-electron chi connectivity index (χ1n) is 7.99. The Kier molecular flexibility index (Phi) is 5.51. The van der Waals surface area contributed by atoms with Crippen LogP contribution in [0, 0.1) is 0 Å². The Morgan fingerprint density at radius 3 is 2.00 bits per heavy atom. The SMILES string of the molecule is COc1ccccc1C1SC(=S)N(C)C(c2ccccc2OC)N1C. The fraction of sp³-hybridized carbons (Fsp3) is 0.316. The third-order valence-electron chi connectivity index (χ3n) is 4.45. The number of thioether (sulfide) groups is 1. The van der Waals surface area contributed by atoms with E-state index in [1.165, 1.54) is 0 Å². The molecule has 0 radical (unpaired) electrons. The molecular formula is C19H22N2O2S2. The Labute approximate surface area is 158 Å². The summed E-state index contributed by atoms with van der Waals surface area (Å²) in [6.07, 6.45) is -0.0141. The van der Waals surface area contributed by atoms with Gasteiger partial charge in [0.15, 0.2) is 0 Å². The van der Waals surface area contributed by atoms with Crippen LogP contribution < -0.4 is 9.47 Å². The number of benzene rings is 2. The van der Waals surface area contributed by atoms with Gasteiger partial charge in [0, 0.05) is 18.2 Å². The van der Waals surface area contributed by atoms with E-state index in [0.717, 1.165) is 26.9 Å². The summed E-state index contributed by atoms with van der Waals surface area (Å²) < 4.78 is 12.0. The fourth-order valence-corrected chi connectivity index (χ4v) is 4.66. The van der Waals surface area contributed by atoms with Gasteiger partial charge in [-0.3, -0.25) is 4.90 Å². The van der Waals surface area contributed by atoms with Gasteiger partial charge in [0.05, 0.1) is 19.6 Å². The number of rotatable bonds is 4. The molecule has 1 aliphatic rings. The molecule has 0 bridgehead atoms. The summed E-state index contributed by atoms with van der Waals surface area (Å²) in [5.74, 6) is 1.73. The quantitative estimate of drug-likeness (QED) is 0.740. The van der Waals surface area contributed by atoms with Gasteiger partial charge in [-0.05, 0) is 19.2 Å². The zero-order valence-corrected chi connectivity index (χ0v) is 16.4. The predicted molar refractivity (Wildman–Crippen MR) is 107 cm³/mol. The van der Waals surface area contributed by atoms with Crippen LogP contribution in [0.25, 0.3) is 0 Å². The summed E-state index contributed by atoms with van der Waals surface area (Å²) in [6.45, 7) is 0. The van der Waals surface area contributed by atoms with Crippen molar-refractivity contribution in [3.8, 4) is 11.5 Å². The minimum absolute atomic E-state index is 0.0141. The van der Waals surface area contributed by atoms with E-state index in [4.69, 9.17) is 21.7 Å². The van der Waals surface area contributed by atoms with E-state index in [9.17, 15) is 0 Å². The third kappa shape index (κ3) is 3.34. The number of nitrogens with zero attached hydrogens (tertiary/aromatic N) is 2. The smallest absolute Gasteiger partial charge is 0.139 e. The van der Waals surface area contributed by atoms with E-state index >= 15 is 0 Å². The molecule has 1 heterocycles. The fourth-order valence-electron chi connectivity index (χ4n) is 3.22. The Morgan fingerprint density at radius 2 is 1.40 bits per heavy atom. The molecule has 0 saturated carbocycles. The van der Waals surface area contributed by atoms with Crippen LogP contribution in [0.4, 0.5) is 0 Å². The molecule has 0 aliphatic carbocycles. The summed E-state index contributed by atoms with van der Waals surface area (Å²) in [5.41, 5.74) is 2.21. The molecule has 3 rings (SSSR count). The minimum atomic E-state index is -0.0141. The highest BCUT2D eigenvalue weighted by Gasteiger charge is 2.38. The van der Waals surface area contributed by atoms with E-state index in [0.29, 0.717) is 0 Å². The van der Waals surface area contributed by atoms with Gasteiger partial charge >= 0.3 is 0 Å². The number of ether oxygens (including phenoxy) is 2. The van der Waals surface area contributed by atoms with Gasteiger partial charge in [-0.1, -0.05) is 60.4 Å². The molecule has 2 aromatic carbocycles. The van der Waals surface area contributed by atoms with Gasteiger partial charge < -0.3 is 14.4 Å². The topological polar surface area (TPSA) is 24.9 Å². The molecule has 2 unspecified atom stereocenters. The van der Waals surface area contributed by atoms with Gasteiger partial charge in [0.25, 0.3) is 0 Å². The number of hydrogen-bond donors (Lipinski definition) is 0. The largest absolute Gasteiger partial charge is 0.496 e. The first-order chi connectivity index (χ1) is 12.1. The van der Waals surface area contributed by atoms with Crippen molar-refractivity contribution in [2.45, 2.75) is 11.5 Å². The van der Waals surface area contributed by atoms with Crippen LogP contribution in [0.2, 0.25) is 0 Å². The average Bonchev–Trinajstić information content (AvgIpc) is 2.65. The third-order valence-corrected chi connectivity index (χ3v) is 6.32. The van der Waals surface area contributed by atoms with E-state index in [1.807, 2.05) is 43.4 Å². The van der Waals surface area contributed by atoms with E-state index < -0.39 is 0 Å². The van der Waals surface area contributed by atoms with Crippen molar-refractivity contribution in [2.75, 3.05) is 28.3 Å². The van der Waals surface area contributed by atoms with Crippen molar-refractivity contribution in [1.29, 1.82) is 0 Å². The lowest BCUT2D eigenvalue weighted by Gasteiger charge is -2.46. The van der Waals surface area contributed by atoms with Crippen LogP contribution in [0.1, 0.15) is 22.7 Å². The molecule has 132 valence electrons. The van der Waals surface area contributed by atoms with E-state index in [1.54, 1.807) is 26.0 Å². The maximum Gasteiger partial charge on any atom is 0.139 e. The van der Waals surface area contributed by atoms with Crippen molar-refractivity contribution >= 4 is 28.3 Å². The molecule has 1 saturated heterocycles. The molecule has 6 heteroatoms. The highest BCUT2D eigenvalue weighted by atomic mass is 32.2. The number of thiocarbonyl (C=S) groups is 1. The van der Waals surface area contributed by atoms with Crippen LogP contribution in [0.15, 0.2) is 48.5 Å². The molecule has 2 aromatic rings. The predicted octanol–water partition coefficient (Wildman–Crippen LogP) is 4.30. The Morgan fingerprint density at radius 1 is 0.880 bits per heavy atom. The van der Waals surface area contributed by atoms with E-state index in [-0.39, 0.29) is 11.5 Å². The number of para-hydroxylation sites is 2. The summed E-state index contributed by atoms with van der Waals surface area (Å²) >= 11 is 7.33. The summed E-state index contributed by atoms with van der Waals surface area (Å²) in [4.78, 5) is 4.42. The summed E-state index contributed by atoms with van der Waals surface area (Å²) in [5, 5.41) is 0.0646. The van der Waals surface area contributed by atoms with Crippen LogP contribution in [0.5, 0.6) is 11.5 Å². The molecule has 4 nitrogen and oxygen atoms in total. The number of methoxy groups -OCH3 is 2. The number of hydrogen-bond acceptors (Lipinski definition) is 5. The van der Waals surface area contributed by atoms with Crippen LogP contribution in [-0.4, -0.2) is 42.4 Å². The van der Waals surface area contributed by atoms with Crippen LogP contribution in [0.3, 0.4) is 0 Å². The van der Waals surface area contributed by atoms with Gasteiger partial charge in [-0.2, -0.15) is 0 Å². The zero-order chi connectivity index (χ0) is 18.0. The highest BCUT2D eigenvalue weighted by Crippen LogP contribution is 2.48. The van der Waals surface area contributed by atoms with Crippen molar-refractivity contribution < 1.29 is 9.47 Å². The molecule has 2 atom stereocenters. The second kappa shape index (κ2) is 7.64. The molecule has 1 fully saturated rings. The van der Waals surface area contributed by atoms with Crippen molar-refractivity contribution in [1.82, 2.24) is 9.80 Å². The molecule has 1 aliphatic heterocycles. The Bertz CT molecular complexity index is 769. The van der Waals surface area contributed by atoms with Gasteiger partial charge in [0.1, 0.15) is 22.0 Å². The van der Waals surface area contributed by atoms with Crippen molar-refractivity contribution in [2.24, 2.45) is 0 Å². The molecule has 0 aromatic heterocycles. The van der Waals surface area contributed by atoms with Gasteiger partial charge in [-0.25, -0.2) is 0 Å². The second-order valence-electron chi connectivity index (χ2n) is 5.87. The first kappa shape index (κ1) is 18.0. The molecule has 25 heavy (non-hydrogen) atoms. The van der Waals surface area contributed by atoms with E-state index in [2.05, 4.69) is 29.0 Å². The summed E-state index contributed by atoms with van der Waals surface area (Å²) in [6, 6.07) is 16.2. The molecule has 0 amide bonds. The van der Waals surface area contributed by atoms with Crippen LogP contribution >= 0.6 is 24.0 Å². The second-order valence-corrected chi connectivity index (χ2v) is 7.58. The van der Waals surface area contributed by atoms with Crippen molar-refractivity contribution in [3.63, 3.8) is 0 Å². The van der Waals surface area contributed by atoms with Gasteiger partial charge in [-0.15, -0.1) is 0 Å². The van der Waals surface area contributed by atoms with Crippen LogP contribution in [-0.2, 0) is 0 Å². The molecular weight excluding hydrogens is 352 g/mol. The lowest BCUT2D eigenvalue weighted by atomic mass is 10.1. The highest BCUT2D eigenvalue weighted by molar-refractivity contribution is 8.23. The first-order valence-corrected chi connectivity index (χ1v) is 9.28. The lowest BCUT2D eigenvalue weighted by Crippen LogP contribution is -2.45. The molecule has 0 N–H and O–H groups in total. The normalized spacial score (nSPS) is 21.3. The Hall–Kier alpha value is -1.76. The maximum atomic E-state index is 5.68. The monoisotopic (exact) mass is 374 g/mol. The lowest BCUT2D eigenvalue weighted by molar-refractivity contribution is 0.118. The maximum absolute atomic E-state index is 5.68. The van der Waals surface area contributed by atoms with Gasteiger partial charge in [0.2, 0.25) is 0 Å².